The average molecular weight is 398 g/mol. The first-order valence-corrected chi connectivity index (χ1v) is 10.9. The SMILES string of the molecule is COc1ccccc1N1CCN(c2ncnc3ccc(S(C)(=O)=O)cc23)CC1. The highest BCUT2D eigenvalue weighted by Crippen LogP contribution is 2.31. The fourth-order valence-corrected chi connectivity index (χ4v) is 4.20. The molecule has 1 aliphatic rings. The monoisotopic (exact) mass is 398 g/mol. The van der Waals surface area contributed by atoms with Gasteiger partial charge in [0.15, 0.2) is 9.84 Å². The van der Waals surface area contributed by atoms with Gasteiger partial charge in [-0.3, -0.25) is 0 Å². The maximum Gasteiger partial charge on any atom is 0.175 e. The number of hydrogen-bond donors (Lipinski definition) is 0. The maximum absolute atomic E-state index is 12.0. The average Bonchev–Trinajstić information content (AvgIpc) is 2.72. The van der Waals surface area contributed by atoms with E-state index in [1.165, 1.54) is 12.6 Å². The minimum absolute atomic E-state index is 0.281. The summed E-state index contributed by atoms with van der Waals surface area (Å²) < 4.78 is 29.4. The summed E-state index contributed by atoms with van der Waals surface area (Å²) in [6.45, 7) is 3.18. The Hall–Kier alpha value is -2.87. The molecule has 0 amide bonds. The molecule has 0 atom stereocenters. The van der Waals surface area contributed by atoms with Gasteiger partial charge in [0.05, 0.1) is 23.2 Å². The number of hydrogen-bond acceptors (Lipinski definition) is 7. The molecule has 0 aliphatic carbocycles. The summed E-state index contributed by atoms with van der Waals surface area (Å²) in [4.78, 5) is 13.5. The third-order valence-corrected chi connectivity index (χ3v) is 6.13. The van der Waals surface area contributed by atoms with Gasteiger partial charge in [-0.15, -0.1) is 0 Å². The molecular formula is C20H22N4O3S. The molecule has 0 saturated carbocycles. The van der Waals surface area contributed by atoms with Crippen molar-refractivity contribution in [2.24, 2.45) is 0 Å². The van der Waals surface area contributed by atoms with Crippen molar-refractivity contribution in [2.75, 3.05) is 49.3 Å². The first-order valence-electron chi connectivity index (χ1n) is 9.05. The summed E-state index contributed by atoms with van der Waals surface area (Å²) in [5.41, 5.74) is 1.82. The molecule has 8 heteroatoms. The van der Waals surface area contributed by atoms with E-state index in [4.69, 9.17) is 4.74 Å². The number of sulfone groups is 1. The summed E-state index contributed by atoms with van der Waals surface area (Å²) in [6, 6.07) is 13.0. The quantitative estimate of drug-likeness (QED) is 0.668. The lowest BCUT2D eigenvalue weighted by molar-refractivity contribution is 0.413. The van der Waals surface area contributed by atoms with Crippen LogP contribution in [0.3, 0.4) is 0 Å². The van der Waals surface area contributed by atoms with Crippen molar-refractivity contribution in [3.05, 3.63) is 48.8 Å². The van der Waals surface area contributed by atoms with Crippen LogP contribution in [0.4, 0.5) is 11.5 Å². The smallest absolute Gasteiger partial charge is 0.175 e. The van der Waals surface area contributed by atoms with Crippen LogP contribution in [0.2, 0.25) is 0 Å². The lowest BCUT2D eigenvalue weighted by atomic mass is 10.2. The fourth-order valence-electron chi connectivity index (χ4n) is 3.55. The lowest BCUT2D eigenvalue weighted by Crippen LogP contribution is -2.47. The van der Waals surface area contributed by atoms with Gasteiger partial charge in [0, 0.05) is 37.8 Å². The first kappa shape index (κ1) is 18.5. The Morgan fingerprint density at radius 1 is 0.964 bits per heavy atom. The van der Waals surface area contributed by atoms with Gasteiger partial charge in [-0.2, -0.15) is 0 Å². The van der Waals surface area contributed by atoms with E-state index in [1.54, 1.807) is 25.3 Å². The Balaban J connectivity index is 1.62. The Bertz CT molecular complexity index is 1110. The third-order valence-electron chi connectivity index (χ3n) is 5.02. The first-order chi connectivity index (χ1) is 13.5. The van der Waals surface area contributed by atoms with Crippen LogP contribution in [0.1, 0.15) is 0 Å². The van der Waals surface area contributed by atoms with Crippen molar-refractivity contribution in [1.29, 1.82) is 0 Å². The molecule has 7 nitrogen and oxygen atoms in total. The summed E-state index contributed by atoms with van der Waals surface area (Å²) >= 11 is 0. The second-order valence-corrected chi connectivity index (χ2v) is 8.81. The van der Waals surface area contributed by atoms with Crippen LogP contribution >= 0.6 is 0 Å². The van der Waals surface area contributed by atoms with Crippen molar-refractivity contribution < 1.29 is 13.2 Å². The molecule has 0 radical (unpaired) electrons. The number of methoxy groups -OCH3 is 1. The van der Waals surface area contributed by atoms with Crippen LogP contribution in [0.25, 0.3) is 10.9 Å². The molecule has 2 aromatic carbocycles. The predicted molar refractivity (Wildman–Crippen MR) is 110 cm³/mol. The number of aromatic nitrogens is 2. The van der Waals surface area contributed by atoms with Crippen LogP contribution < -0.4 is 14.5 Å². The van der Waals surface area contributed by atoms with Crippen molar-refractivity contribution in [3.8, 4) is 5.75 Å². The number of rotatable bonds is 4. The van der Waals surface area contributed by atoms with Crippen LogP contribution in [0.15, 0.2) is 53.7 Å². The molecule has 1 aromatic heterocycles. The van der Waals surface area contributed by atoms with E-state index in [0.29, 0.717) is 0 Å². The highest BCUT2D eigenvalue weighted by molar-refractivity contribution is 7.90. The number of nitrogens with zero attached hydrogens (tertiary/aromatic N) is 4. The molecule has 1 aliphatic heterocycles. The zero-order valence-electron chi connectivity index (χ0n) is 15.9. The van der Waals surface area contributed by atoms with Crippen LogP contribution in [0, 0.1) is 0 Å². The normalized spacial score (nSPS) is 15.1. The van der Waals surface area contributed by atoms with Gasteiger partial charge >= 0.3 is 0 Å². The van der Waals surface area contributed by atoms with E-state index in [2.05, 4.69) is 25.8 Å². The molecule has 3 aromatic rings. The number of anilines is 2. The van der Waals surface area contributed by atoms with Crippen LogP contribution in [0.5, 0.6) is 5.75 Å². The molecule has 1 saturated heterocycles. The molecule has 28 heavy (non-hydrogen) atoms. The largest absolute Gasteiger partial charge is 0.495 e. The predicted octanol–water partition coefficient (Wildman–Crippen LogP) is 2.37. The van der Waals surface area contributed by atoms with E-state index in [-0.39, 0.29) is 4.90 Å². The summed E-state index contributed by atoms with van der Waals surface area (Å²) in [5.74, 6) is 1.64. The topological polar surface area (TPSA) is 75.6 Å². The molecular weight excluding hydrogens is 376 g/mol. The second-order valence-electron chi connectivity index (χ2n) is 6.79. The second kappa shape index (κ2) is 7.27. The highest BCUT2D eigenvalue weighted by Gasteiger charge is 2.22. The summed E-state index contributed by atoms with van der Waals surface area (Å²) in [5, 5.41) is 0.760. The van der Waals surface area contributed by atoms with Gasteiger partial charge in [-0.05, 0) is 30.3 Å². The number of piperazine rings is 1. The van der Waals surface area contributed by atoms with Gasteiger partial charge < -0.3 is 14.5 Å². The molecule has 0 N–H and O–H groups in total. The summed E-state index contributed by atoms with van der Waals surface area (Å²) in [6.07, 6.45) is 2.74. The van der Waals surface area contributed by atoms with E-state index in [9.17, 15) is 8.42 Å². The fraction of sp³-hybridized carbons (Fsp3) is 0.300. The van der Waals surface area contributed by atoms with Gasteiger partial charge in [0.25, 0.3) is 0 Å². The van der Waals surface area contributed by atoms with Crippen molar-refractivity contribution in [1.82, 2.24) is 9.97 Å². The molecule has 2 heterocycles. The van der Waals surface area contributed by atoms with Crippen molar-refractivity contribution >= 4 is 32.2 Å². The Morgan fingerprint density at radius 2 is 1.68 bits per heavy atom. The van der Waals surface area contributed by atoms with E-state index in [0.717, 1.165) is 54.3 Å². The molecule has 1 fully saturated rings. The highest BCUT2D eigenvalue weighted by atomic mass is 32.2. The zero-order chi connectivity index (χ0) is 19.7. The van der Waals surface area contributed by atoms with Gasteiger partial charge in [0.2, 0.25) is 0 Å². The molecule has 0 unspecified atom stereocenters. The van der Waals surface area contributed by atoms with Gasteiger partial charge in [-0.1, -0.05) is 12.1 Å². The van der Waals surface area contributed by atoms with E-state index < -0.39 is 9.84 Å². The number of ether oxygens (including phenoxy) is 1. The zero-order valence-corrected chi connectivity index (χ0v) is 16.7. The summed E-state index contributed by atoms with van der Waals surface area (Å²) in [7, 11) is -1.61. The molecule has 146 valence electrons. The minimum Gasteiger partial charge on any atom is -0.495 e. The third kappa shape index (κ3) is 3.47. The molecule has 0 spiro atoms. The molecule has 4 rings (SSSR count). The number of fused-ring (bicyclic) bond motifs is 1. The maximum atomic E-state index is 12.0. The van der Waals surface area contributed by atoms with Crippen molar-refractivity contribution in [2.45, 2.75) is 4.90 Å². The minimum atomic E-state index is -3.29. The Kier molecular flexibility index (Phi) is 4.80. The Morgan fingerprint density at radius 3 is 2.39 bits per heavy atom. The van der Waals surface area contributed by atoms with Crippen molar-refractivity contribution in [3.63, 3.8) is 0 Å². The lowest BCUT2D eigenvalue weighted by Gasteiger charge is -2.37. The van der Waals surface area contributed by atoms with Gasteiger partial charge in [-0.25, -0.2) is 18.4 Å². The van der Waals surface area contributed by atoms with Crippen LogP contribution in [-0.2, 0) is 9.84 Å². The van der Waals surface area contributed by atoms with E-state index in [1.807, 2.05) is 18.2 Å². The number of para-hydroxylation sites is 2. The Labute approximate surface area is 164 Å². The van der Waals surface area contributed by atoms with E-state index >= 15 is 0 Å². The standard InChI is InChI=1S/C20H22N4O3S/c1-27-19-6-4-3-5-18(19)23-9-11-24(12-10-23)20-16-13-15(28(2,25)26)7-8-17(16)21-14-22-20/h3-8,13-14H,9-12H2,1-2H3. The molecule has 0 bridgehead atoms. The van der Waals surface area contributed by atoms with Crippen LogP contribution in [-0.4, -0.2) is 57.9 Å². The number of benzene rings is 2. The van der Waals surface area contributed by atoms with Gasteiger partial charge in [0.1, 0.15) is 17.9 Å².